The van der Waals surface area contributed by atoms with Crippen LogP contribution in [-0.4, -0.2) is 249 Å². The van der Waals surface area contributed by atoms with Gasteiger partial charge in [0, 0.05) is 47.7 Å². The molecule has 4 fully saturated rings. The summed E-state index contributed by atoms with van der Waals surface area (Å²) in [6, 6.07) is 9.01. The summed E-state index contributed by atoms with van der Waals surface area (Å²) in [5.41, 5.74) is 10.2. The molecule has 27 atom stereocenters. The second-order valence-corrected chi connectivity index (χ2v) is 31.4. The number of phenols is 4. The minimum atomic E-state index is -2.36. The molecule has 0 radical (unpaired) electrons. The summed E-state index contributed by atoms with van der Waals surface area (Å²) in [5.74, 6) is -14.8. The SMILES string of the molecule is CN[C@@H](C(=O)N[C@H]1C(=O)N[C@@H](c2ccc(O)cc2)C(=O)NC2C(=O)NC3C(=O)NC(C(=O)N[C@H](C(=O)O)c4cc(O)cc(O)c4-c4cc3ccc4O)[C@H](O[C@H]3C[C@@H](N)[C@@H](O)[C@H](C)O3)c3ccc(c(Cl)c3)Oc3cc2cc(c3O[C@@H]2O[C@H](CO)[C@@H](O)[C@H](O)C2O[C@H]2C[C@@H](N)[C@@H](O)[C@@H](C)O2)Oc2ccc(cc2)[C@H]1O)c1ccc(O[C@@H]2O[C@@H](C)[C@H](O)[C@@H](O)[C@H]2O)cc1. The molecule has 0 saturated carbocycles. The number of halogens is 1. The first-order chi connectivity index (χ1) is 59.0. The number of ether oxygens (including phenoxy) is 10. The van der Waals surface area contributed by atoms with Gasteiger partial charge in [-0.25, -0.2) is 4.79 Å². The zero-order valence-corrected chi connectivity index (χ0v) is 66.9. The third-order valence-corrected chi connectivity index (χ3v) is 22.9. The van der Waals surface area contributed by atoms with Crippen molar-refractivity contribution < 1.29 is 152 Å². The van der Waals surface area contributed by atoms with Gasteiger partial charge in [-0.3, -0.25) is 28.8 Å². The number of aliphatic hydroxyl groups excluding tert-OH is 9. The standard InChI is InChI=1S/C83H92ClN9O31/c1-30-64(99)46(85)27-54(115-30)122-72-37-12-20-50(45(84)22-37)120-52-24-38-23-51(73(52)124-83-74(70(105)68(103)53(29-94)121-83)123-55-28-47(86)65(100)31(2)116-55)118-41-17-9-35(10-18-41)67(102)62(92-75(107)57(87-4)33-7-15-42(16-8-33)119-82-71(106)69(104)66(101)32(3)117-82)79(111)88-58(34-5-13-39(95)14-6-34)76(108)90-60(38)78(110)89-59-36-11-19-48(97)43(21-36)56-44(25-40(96)26-49(56)98)61(81(113)114)91-80(112)63(72)93-77(59)109/h5-26,30-32,46-47,53-55,57-72,74,82-83,87,94-106H,27-29,85-86H2,1-4H3,(H,88,111)(H,89,110)(H,90,108)(H,91,112)(H,92,107)(H,93,109)(H,113,114)/t30-,31+,32-,46+,47+,53+,54-,55-,57+,58-,59?,60?,61-,62+,63?,64-,65-,66-,67+,68+,69+,70-,71+,72+,74?,82-,83-/m0/s1. The van der Waals surface area contributed by atoms with Crippen LogP contribution in [0.3, 0.4) is 0 Å². The van der Waals surface area contributed by atoms with Crippen LogP contribution >= 0.6 is 11.6 Å². The Labute approximate surface area is 709 Å². The Kier molecular flexibility index (Phi) is 26.5. The number of nitrogens with one attached hydrogen (secondary N) is 7. The minimum Gasteiger partial charge on any atom is -0.508 e. The topological polar surface area (TPSA) is 631 Å². The molecule has 0 spiro atoms. The van der Waals surface area contributed by atoms with Crippen molar-refractivity contribution in [2.24, 2.45) is 11.5 Å². The lowest BCUT2D eigenvalue weighted by Crippen LogP contribution is -2.62. The monoisotopic (exact) mass is 1750 g/mol. The number of phenolic OH excluding ortho intramolecular Hbond substituents is 4. The van der Waals surface area contributed by atoms with E-state index in [1.54, 1.807) is 0 Å². The first-order valence-electron chi connectivity index (χ1n) is 39.3. The van der Waals surface area contributed by atoms with Gasteiger partial charge in [-0.1, -0.05) is 60.1 Å². The number of fused-ring (bicyclic) bond motifs is 15. The summed E-state index contributed by atoms with van der Waals surface area (Å²) in [6.07, 6.45) is -28.8. The Balaban J connectivity index is 0.962. The number of aliphatic carboxylic acids is 1. The predicted molar refractivity (Wildman–Crippen MR) is 424 cm³/mol. The minimum absolute atomic E-state index is 0.0655. The molecule has 4 unspecified atom stereocenters. The van der Waals surface area contributed by atoms with E-state index in [0.29, 0.717) is 0 Å². The molecule has 0 aromatic heterocycles. The lowest BCUT2D eigenvalue weighted by Gasteiger charge is -2.44. The van der Waals surface area contributed by atoms with E-state index in [4.69, 9.17) is 70.4 Å². The quantitative estimate of drug-likeness (QED) is 0.0623. The Morgan fingerprint density at radius 2 is 1.11 bits per heavy atom. The highest BCUT2D eigenvalue weighted by Gasteiger charge is 2.52. The molecule has 6 amide bonds. The van der Waals surface area contributed by atoms with Crippen LogP contribution in [0.2, 0.25) is 5.02 Å². The number of nitrogens with two attached hydrogens (primary N) is 2. The van der Waals surface area contributed by atoms with Crippen LogP contribution < -0.4 is 67.6 Å². The average Bonchev–Trinajstić information content (AvgIpc) is 0.765. The number of hydrogen-bond donors (Lipinski definition) is 23. The first kappa shape index (κ1) is 89.1. The van der Waals surface area contributed by atoms with Crippen molar-refractivity contribution in [1.82, 2.24) is 37.2 Å². The van der Waals surface area contributed by atoms with Crippen molar-refractivity contribution in [3.05, 3.63) is 177 Å². The normalized spacial score (nSPS) is 32.4. The second-order valence-electron chi connectivity index (χ2n) is 31.0. The molecular formula is C83H92ClN9O31. The molecule has 25 N–H and O–H groups in total. The van der Waals surface area contributed by atoms with Crippen molar-refractivity contribution in [2.75, 3.05) is 13.7 Å². The van der Waals surface area contributed by atoms with Gasteiger partial charge in [-0.05, 0) is 140 Å². The van der Waals surface area contributed by atoms with Gasteiger partial charge < -0.3 is 168 Å². The fraction of sp³-hybridized carbons (Fsp3) is 0.410. The van der Waals surface area contributed by atoms with E-state index in [1.165, 1.54) is 107 Å². The van der Waals surface area contributed by atoms with E-state index in [-0.39, 0.29) is 63.7 Å². The number of aliphatic hydroxyl groups is 9. The number of carboxylic acids is 1. The summed E-state index contributed by atoms with van der Waals surface area (Å²) >= 11 is 7.39. The summed E-state index contributed by atoms with van der Waals surface area (Å²) < 4.78 is 63.2. The van der Waals surface area contributed by atoms with Gasteiger partial charge >= 0.3 is 5.97 Å². The van der Waals surface area contributed by atoms with Crippen LogP contribution in [0.5, 0.6) is 57.5 Å². The molecule has 4 saturated heterocycles. The molecule has 9 aliphatic rings. The van der Waals surface area contributed by atoms with Gasteiger partial charge in [0.15, 0.2) is 36.2 Å². The van der Waals surface area contributed by atoms with Crippen LogP contribution in [-0.2, 0) is 62.0 Å². The summed E-state index contributed by atoms with van der Waals surface area (Å²) in [7, 11) is 1.39. The lowest BCUT2D eigenvalue weighted by atomic mass is 9.89. The Morgan fingerprint density at radius 1 is 0.532 bits per heavy atom. The maximum Gasteiger partial charge on any atom is 0.330 e. The zero-order valence-electron chi connectivity index (χ0n) is 66.1. The molecule has 41 heteroatoms. The van der Waals surface area contributed by atoms with E-state index in [1.807, 2.05) is 0 Å². The number of hydrogen-bond acceptors (Lipinski definition) is 33. The molecule has 124 heavy (non-hydrogen) atoms. The molecule has 9 aliphatic heterocycles. The number of benzene rings is 7. The summed E-state index contributed by atoms with van der Waals surface area (Å²) in [5, 5.41) is 175. The van der Waals surface area contributed by atoms with Crippen LogP contribution in [0.15, 0.2) is 133 Å². The number of carbonyl (C=O) groups excluding carboxylic acids is 6. The fourth-order valence-electron chi connectivity index (χ4n) is 15.7. The zero-order chi connectivity index (χ0) is 88.9. The van der Waals surface area contributed by atoms with Crippen LogP contribution in [0, 0.1) is 0 Å². The molecule has 11 bridgehead atoms. The van der Waals surface area contributed by atoms with Gasteiger partial charge in [0.2, 0.25) is 53.8 Å². The van der Waals surface area contributed by atoms with Crippen molar-refractivity contribution in [3.63, 3.8) is 0 Å². The second kappa shape index (κ2) is 36.9. The predicted octanol–water partition coefficient (Wildman–Crippen LogP) is -0.354. The Morgan fingerprint density at radius 3 is 1.73 bits per heavy atom. The van der Waals surface area contributed by atoms with Crippen molar-refractivity contribution in [2.45, 2.75) is 199 Å². The Hall–Kier alpha value is -11.2. The number of rotatable bonds is 15. The van der Waals surface area contributed by atoms with Gasteiger partial charge in [0.05, 0.1) is 42.1 Å². The largest absolute Gasteiger partial charge is 0.508 e. The smallest absolute Gasteiger partial charge is 0.330 e. The lowest BCUT2D eigenvalue weighted by molar-refractivity contribution is -0.330. The van der Waals surface area contributed by atoms with Gasteiger partial charge in [0.1, 0.15) is 125 Å². The summed E-state index contributed by atoms with van der Waals surface area (Å²) in [4.78, 5) is 109. The van der Waals surface area contributed by atoms with E-state index in [0.717, 1.165) is 54.6 Å². The maximum atomic E-state index is 16.7. The number of likely N-dealkylation sites (N-methyl/N-ethyl adjacent to an activating group) is 1. The van der Waals surface area contributed by atoms with Gasteiger partial charge in [-0.15, -0.1) is 0 Å². The summed E-state index contributed by atoms with van der Waals surface area (Å²) in [6.45, 7) is 3.41. The van der Waals surface area contributed by atoms with Crippen molar-refractivity contribution in [3.8, 4) is 68.6 Å². The van der Waals surface area contributed by atoms with E-state index >= 15 is 24.0 Å². The molecule has 7 aromatic carbocycles. The average molecular weight is 1750 g/mol. The molecule has 9 heterocycles. The maximum absolute atomic E-state index is 16.7. The van der Waals surface area contributed by atoms with Crippen LogP contribution in [0.25, 0.3) is 11.1 Å². The number of aromatic hydroxyl groups is 4. The molecule has 7 aromatic rings. The molecule has 662 valence electrons. The molecular weight excluding hydrogens is 1650 g/mol. The van der Waals surface area contributed by atoms with Gasteiger partial charge in [0.25, 0.3) is 0 Å². The molecule has 16 rings (SSSR count). The number of carbonyl (C=O) groups is 7. The van der Waals surface area contributed by atoms with E-state index < -0.39 is 275 Å². The molecule has 40 nitrogen and oxygen atoms in total. The van der Waals surface area contributed by atoms with E-state index in [9.17, 15) is 81.1 Å². The van der Waals surface area contributed by atoms with Crippen LogP contribution in [0.1, 0.15) is 115 Å². The number of carboxylic acid groups (broad SMARTS) is 1. The van der Waals surface area contributed by atoms with E-state index in [2.05, 4.69) is 37.2 Å². The van der Waals surface area contributed by atoms with Crippen molar-refractivity contribution >= 4 is 53.0 Å². The van der Waals surface area contributed by atoms with Gasteiger partial charge in [-0.2, -0.15) is 0 Å². The first-order valence-corrected chi connectivity index (χ1v) is 39.7. The number of amides is 6. The third-order valence-electron chi connectivity index (χ3n) is 22.6. The molecule has 0 aliphatic carbocycles. The Bertz CT molecular complexity index is 5120. The highest BCUT2D eigenvalue weighted by Crippen LogP contribution is 2.50. The third kappa shape index (κ3) is 18.5. The van der Waals surface area contributed by atoms with Crippen molar-refractivity contribution in [1.29, 1.82) is 0 Å². The fourth-order valence-corrected chi connectivity index (χ4v) is 16.0. The highest BCUT2D eigenvalue weighted by molar-refractivity contribution is 6.32. The van der Waals surface area contributed by atoms with Crippen LogP contribution in [0.4, 0.5) is 0 Å². The highest BCUT2D eigenvalue weighted by atomic mass is 35.5.